The highest BCUT2D eigenvalue weighted by Gasteiger charge is 2.30. The number of phosphoric acid groups is 2. The van der Waals surface area contributed by atoms with Crippen LogP contribution in [0.25, 0.3) is 0 Å². The number of hydrogen-bond acceptors (Lipinski definition) is 15. The Balaban J connectivity index is 5.46. The smallest absolute Gasteiger partial charge is 0.462 e. The first-order valence-electron chi connectivity index (χ1n) is 40.4. The second kappa shape index (κ2) is 77.6. The molecule has 0 aliphatic heterocycles. The van der Waals surface area contributed by atoms with Crippen molar-refractivity contribution in [1.82, 2.24) is 0 Å². The van der Waals surface area contributed by atoms with E-state index in [1.54, 1.807) is 0 Å². The molecule has 17 nitrogen and oxygen atoms in total. The van der Waals surface area contributed by atoms with E-state index in [1.807, 2.05) is 0 Å². The van der Waals surface area contributed by atoms with E-state index in [1.165, 1.54) is 19.3 Å². The number of aliphatic hydroxyl groups excluding tert-OH is 1. The summed E-state index contributed by atoms with van der Waals surface area (Å²) >= 11 is 0. The Kier molecular flexibility index (Phi) is 73.5. The Hall–Kier alpha value is -5.58. The van der Waals surface area contributed by atoms with Gasteiger partial charge in [0.2, 0.25) is 0 Å². The van der Waals surface area contributed by atoms with Crippen molar-refractivity contribution < 1.29 is 80.2 Å². The van der Waals surface area contributed by atoms with Gasteiger partial charge in [-0.25, -0.2) is 9.13 Å². The number of rotatable bonds is 74. The molecule has 0 rings (SSSR count). The molecular formula is C87H142O17P2. The van der Waals surface area contributed by atoms with Crippen LogP contribution in [-0.4, -0.2) is 96.7 Å². The molecule has 0 spiro atoms. The number of carbonyl (C=O) groups excluding carboxylic acids is 4. The molecule has 602 valence electrons. The maximum atomic E-state index is 13.1. The van der Waals surface area contributed by atoms with Crippen molar-refractivity contribution in [2.75, 3.05) is 39.6 Å². The first-order chi connectivity index (χ1) is 51.7. The number of ether oxygens (including phenoxy) is 4. The summed E-state index contributed by atoms with van der Waals surface area (Å²) in [6.07, 6.45) is 91.9. The van der Waals surface area contributed by atoms with Crippen LogP contribution >= 0.6 is 15.6 Å². The van der Waals surface area contributed by atoms with Gasteiger partial charge in [0, 0.05) is 25.7 Å². The van der Waals surface area contributed by atoms with Crippen molar-refractivity contribution in [2.45, 2.75) is 316 Å². The minimum atomic E-state index is -5.01. The molecular weight excluding hydrogens is 1380 g/mol. The Bertz CT molecular complexity index is 2680. The third-order valence-electron chi connectivity index (χ3n) is 16.2. The molecule has 0 aromatic heterocycles. The van der Waals surface area contributed by atoms with Gasteiger partial charge < -0.3 is 33.8 Å². The second-order valence-electron chi connectivity index (χ2n) is 26.2. The van der Waals surface area contributed by atoms with E-state index in [9.17, 15) is 43.2 Å². The fraction of sp³-hybridized carbons (Fsp3) is 0.632. The Morgan fingerprint density at radius 3 is 0.774 bits per heavy atom. The first-order valence-corrected chi connectivity index (χ1v) is 43.4. The van der Waals surface area contributed by atoms with Gasteiger partial charge in [0.25, 0.3) is 0 Å². The molecule has 0 saturated carbocycles. The third-order valence-corrected chi connectivity index (χ3v) is 18.1. The van der Waals surface area contributed by atoms with Gasteiger partial charge in [0.1, 0.15) is 19.3 Å². The van der Waals surface area contributed by atoms with Crippen molar-refractivity contribution in [2.24, 2.45) is 0 Å². The van der Waals surface area contributed by atoms with Gasteiger partial charge in [-0.1, -0.05) is 268 Å². The molecule has 0 aliphatic carbocycles. The topological polar surface area (TPSA) is 237 Å². The van der Waals surface area contributed by atoms with Crippen molar-refractivity contribution in [3.05, 3.63) is 170 Å². The van der Waals surface area contributed by atoms with Crippen LogP contribution in [0.2, 0.25) is 0 Å². The molecule has 0 aromatic rings. The molecule has 5 unspecified atom stereocenters. The van der Waals surface area contributed by atoms with E-state index < -0.39 is 97.5 Å². The van der Waals surface area contributed by atoms with Crippen LogP contribution in [-0.2, 0) is 65.4 Å². The normalized spacial score (nSPS) is 14.7. The lowest BCUT2D eigenvalue weighted by atomic mass is 10.1. The zero-order valence-electron chi connectivity index (χ0n) is 65.8. The number of aliphatic hydroxyl groups is 1. The third kappa shape index (κ3) is 76.6. The monoisotopic (exact) mass is 1520 g/mol. The molecule has 5 atom stereocenters. The van der Waals surface area contributed by atoms with E-state index >= 15 is 0 Å². The van der Waals surface area contributed by atoms with Gasteiger partial charge in [0.05, 0.1) is 26.4 Å². The number of hydrogen-bond donors (Lipinski definition) is 3. The molecule has 0 bridgehead atoms. The molecule has 106 heavy (non-hydrogen) atoms. The van der Waals surface area contributed by atoms with Crippen molar-refractivity contribution in [3.63, 3.8) is 0 Å². The maximum Gasteiger partial charge on any atom is 0.472 e. The van der Waals surface area contributed by atoms with E-state index in [-0.39, 0.29) is 25.7 Å². The zero-order valence-corrected chi connectivity index (χ0v) is 67.6. The molecule has 0 radical (unpaired) electrons. The van der Waals surface area contributed by atoms with Crippen LogP contribution in [0.4, 0.5) is 0 Å². The van der Waals surface area contributed by atoms with Crippen molar-refractivity contribution in [1.29, 1.82) is 0 Å². The van der Waals surface area contributed by atoms with Crippen molar-refractivity contribution >= 4 is 39.5 Å². The summed E-state index contributed by atoms with van der Waals surface area (Å²) in [4.78, 5) is 73.1. The fourth-order valence-corrected chi connectivity index (χ4v) is 11.7. The summed E-state index contributed by atoms with van der Waals surface area (Å²) in [5.74, 6) is -2.31. The van der Waals surface area contributed by atoms with E-state index in [0.717, 1.165) is 193 Å². The molecule has 3 N–H and O–H groups in total. The van der Waals surface area contributed by atoms with E-state index in [2.05, 4.69) is 198 Å². The summed E-state index contributed by atoms with van der Waals surface area (Å²) in [7, 11) is -10.0. The summed E-state index contributed by atoms with van der Waals surface area (Å²) in [5.41, 5.74) is 0. The Morgan fingerprint density at radius 2 is 0.491 bits per heavy atom. The number of allylic oxidation sites excluding steroid dienone is 28. The number of unbranched alkanes of at least 4 members (excludes halogenated alkanes) is 20. The van der Waals surface area contributed by atoms with Crippen LogP contribution in [0.15, 0.2) is 170 Å². The van der Waals surface area contributed by atoms with E-state index in [0.29, 0.717) is 32.1 Å². The van der Waals surface area contributed by atoms with Crippen LogP contribution in [0.3, 0.4) is 0 Å². The van der Waals surface area contributed by atoms with E-state index in [4.69, 9.17) is 37.0 Å². The fourth-order valence-electron chi connectivity index (χ4n) is 10.1. The van der Waals surface area contributed by atoms with Crippen LogP contribution in [0, 0.1) is 0 Å². The molecule has 0 fully saturated rings. The molecule has 0 aromatic carbocycles. The van der Waals surface area contributed by atoms with Gasteiger partial charge in [-0.2, -0.15) is 0 Å². The molecule has 0 heterocycles. The van der Waals surface area contributed by atoms with Gasteiger partial charge in [-0.05, 0) is 173 Å². The molecule has 0 saturated heterocycles. The number of esters is 4. The van der Waals surface area contributed by atoms with Gasteiger partial charge >= 0.3 is 39.5 Å². The largest absolute Gasteiger partial charge is 0.472 e. The summed E-state index contributed by atoms with van der Waals surface area (Å²) in [5, 5.41) is 10.6. The molecule has 19 heteroatoms. The van der Waals surface area contributed by atoms with Crippen LogP contribution in [0.1, 0.15) is 297 Å². The average Bonchev–Trinajstić information content (AvgIpc) is 0.899. The summed E-state index contributed by atoms with van der Waals surface area (Å²) in [6, 6.07) is 0. The quantitative estimate of drug-likeness (QED) is 0.0169. The molecule has 0 aliphatic rings. The van der Waals surface area contributed by atoms with Crippen molar-refractivity contribution in [3.8, 4) is 0 Å². The lowest BCUT2D eigenvalue weighted by molar-refractivity contribution is -0.161. The zero-order chi connectivity index (χ0) is 77.4. The van der Waals surface area contributed by atoms with Crippen LogP contribution in [0.5, 0.6) is 0 Å². The standard InChI is InChI=1S/C87H142O17P2/c1-5-9-13-17-21-25-29-33-37-39-40-42-45-48-52-56-60-64-68-72-85(90)98-78-83(104-87(92)74-70-66-62-58-54-50-46-41-38-34-30-26-22-18-14-10-6-2)80-102-106(95,96)100-76-81(88)75-99-105(93,94)101-79-82(103-86(91)73-69-65-61-57-53-49-44-36-32-28-24-20-16-12-8-4)77-97-84(89)71-67-63-59-55-51-47-43-35-31-27-23-19-15-11-7-3/h10-12,14-16,21-28,33-38,40,42-44,51,53,55,57,81-83,88H,5-9,13,17-20,29-32,39,41,45-50,52,54,56,58-80H2,1-4H3,(H,93,94)(H,95,96)/b14-10-,15-11-,16-12-,25-21-,26-22-,27-23-,28-24-,37-33-,38-34-,42-40-,43-35-,44-36-,55-51-,57-53-. The van der Waals surface area contributed by atoms with Gasteiger partial charge in [0.15, 0.2) is 12.2 Å². The Labute approximate surface area is 642 Å². The predicted molar refractivity (Wildman–Crippen MR) is 436 cm³/mol. The minimum absolute atomic E-state index is 0.0273. The minimum Gasteiger partial charge on any atom is -0.462 e. The second-order valence-corrected chi connectivity index (χ2v) is 29.1. The lowest BCUT2D eigenvalue weighted by Gasteiger charge is -2.21. The van der Waals surface area contributed by atoms with Gasteiger partial charge in [-0.3, -0.25) is 37.3 Å². The summed E-state index contributed by atoms with van der Waals surface area (Å²) in [6.45, 7) is 4.38. The van der Waals surface area contributed by atoms with Crippen LogP contribution < -0.4 is 0 Å². The maximum absolute atomic E-state index is 13.1. The molecule has 0 amide bonds. The average molecular weight is 1520 g/mol. The first kappa shape index (κ1) is 100. The highest BCUT2D eigenvalue weighted by molar-refractivity contribution is 7.47. The highest BCUT2D eigenvalue weighted by Crippen LogP contribution is 2.45. The number of carbonyl (C=O) groups is 4. The highest BCUT2D eigenvalue weighted by atomic mass is 31.2. The summed E-state index contributed by atoms with van der Waals surface area (Å²) < 4.78 is 68.6. The van der Waals surface area contributed by atoms with Gasteiger partial charge in [-0.15, -0.1) is 0 Å². The Morgan fingerprint density at radius 1 is 0.274 bits per heavy atom. The number of phosphoric ester groups is 2. The predicted octanol–water partition coefficient (Wildman–Crippen LogP) is 23.8. The SMILES string of the molecule is CC/C=C\C/C=C\C/C=C\C/C=C\CCCCC(=O)OCC(COP(=O)(O)OCC(O)COP(=O)(O)OCC(COC(=O)CCCCCCCC/C=C\C/C=C\C/C=C\CCCCC)OC(=O)CCCCCCCCC/C=C\C/C=C\C/C=C\CC)OC(=O)CCCC/C=C\C/C=C\C/C=C\C/C=C\CC. The lowest BCUT2D eigenvalue weighted by Crippen LogP contribution is -2.30.